The van der Waals surface area contributed by atoms with E-state index >= 15 is 0 Å². The van der Waals surface area contributed by atoms with E-state index in [0.29, 0.717) is 19.2 Å². The average molecular weight is 299 g/mol. The highest BCUT2D eigenvalue weighted by Gasteiger charge is 2.40. The van der Waals surface area contributed by atoms with Gasteiger partial charge in [-0.3, -0.25) is 15.0 Å². The largest absolute Gasteiger partial charge is 0.465 e. The average Bonchev–Trinajstić information content (AvgIpc) is 3.20. The quantitative estimate of drug-likeness (QED) is 0.583. The van der Waals surface area contributed by atoms with Crippen molar-refractivity contribution in [1.29, 1.82) is 0 Å². The Bertz CT molecular complexity index is 319. The van der Waals surface area contributed by atoms with Crippen LogP contribution in [0.3, 0.4) is 0 Å². The van der Waals surface area contributed by atoms with Crippen molar-refractivity contribution in [2.24, 2.45) is 0 Å². The van der Waals surface area contributed by atoms with E-state index in [4.69, 9.17) is 4.74 Å². The Balaban J connectivity index is 2.67. The predicted octanol–water partition coefficient (Wildman–Crippen LogP) is 1.33. The number of rotatable bonds is 11. The van der Waals surface area contributed by atoms with Crippen LogP contribution in [-0.4, -0.2) is 74.2 Å². The van der Waals surface area contributed by atoms with Crippen molar-refractivity contribution in [3.8, 4) is 0 Å². The highest BCUT2D eigenvalue weighted by Crippen LogP contribution is 2.24. The summed E-state index contributed by atoms with van der Waals surface area (Å²) in [5.74, 6) is -0.122. The molecular formula is C16H33N3O2. The zero-order valence-electron chi connectivity index (χ0n) is 14.4. The first-order valence-electron chi connectivity index (χ1n) is 8.23. The molecule has 0 bridgehead atoms. The Morgan fingerprint density at radius 3 is 2.38 bits per heavy atom. The van der Waals surface area contributed by atoms with E-state index < -0.39 is 5.54 Å². The maximum Gasteiger partial charge on any atom is 0.327 e. The molecule has 1 atom stereocenters. The predicted molar refractivity (Wildman–Crippen MR) is 86.5 cm³/mol. The molecule has 0 saturated heterocycles. The molecule has 124 valence electrons. The van der Waals surface area contributed by atoms with Gasteiger partial charge >= 0.3 is 5.97 Å². The second kappa shape index (κ2) is 8.71. The first kappa shape index (κ1) is 18.4. The summed E-state index contributed by atoms with van der Waals surface area (Å²) in [6, 6.07) is 0.483. The van der Waals surface area contributed by atoms with E-state index in [1.807, 2.05) is 13.8 Å². The summed E-state index contributed by atoms with van der Waals surface area (Å²) in [7, 11) is 4.16. The topological polar surface area (TPSA) is 44.8 Å². The number of carbonyl (C=O) groups is 1. The first-order chi connectivity index (χ1) is 9.91. The molecule has 0 amide bonds. The lowest BCUT2D eigenvalue weighted by atomic mass is 10.0. The van der Waals surface area contributed by atoms with E-state index in [-0.39, 0.29) is 5.97 Å². The van der Waals surface area contributed by atoms with Crippen LogP contribution in [0.1, 0.15) is 40.0 Å². The molecule has 0 aliphatic heterocycles. The minimum atomic E-state index is -0.599. The molecule has 21 heavy (non-hydrogen) atoms. The van der Waals surface area contributed by atoms with Crippen LogP contribution in [0.4, 0.5) is 0 Å². The van der Waals surface area contributed by atoms with Gasteiger partial charge in [-0.05, 0) is 53.8 Å². The van der Waals surface area contributed by atoms with Crippen LogP contribution in [0, 0.1) is 0 Å². The van der Waals surface area contributed by atoms with E-state index in [9.17, 15) is 4.79 Å². The summed E-state index contributed by atoms with van der Waals surface area (Å²) < 4.78 is 5.30. The van der Waals surface area contributed by atoms with Crippen molar-refractivity contribution >= 4 is 5.97 Å². The van der Waals surface area contributed by atoms with Gasteiger partial charge in [-0.25, -0.2) is 0 Å². The van der Waals surface area contributed by atoms with Gasteiger partial charge < -0.3 is 9.64 Å². The maximum absolute atomic E-state index is 12.4. The smallest absolute Gasteiger partial charge is 0.327 e. The standard InChI is InChI=1S/C16H33N3O2/c1-6-10-19(12-11-18(4)5)13-16(3,15(20)21-7-2)17-14-8-9-14/h14,17H,6-13H2,1-5H3. The fourth-order valence-corrected chi connectivity index (χ4v) is 2.51. The Morgan fingerprint density at radius 2 is 1.90 bits per heavy atom. The molecule has 0 radical (unpaired) electrons. The van der Waals surface area contributed by atoms with Crippen molar-refractivity contribution in [2.45, 2.75) is 51.6 Å². The Labute approximate surface area is 130 Å². The third kappa shape index (κ3) is 6.76. The van der Waals surface area contributed by atoms with Gasteiger partial charge in [-0.15, -0.1) is 0 Å². The third-order valence-electron chi connectivity index (χ3n) is 3.77. The minimum Gasteiger partial charge on any atom is -0.465 e. The van der Waals surface area contributed by atoms with Crippen molar-refractivity contribution in [3.05, 3.63) is 0 Å². The highest BCUT2D eigenvalue weighted by atomic mass is 16.5. The number of likely N-dealkylation sites (N-methyl/N-ethyl adjacent to an activating group) is 1. The number of nitrogens with zero attached hydrogens (tertiary/aromatic N) is 2. The molecule has 5 nitrogen and oxygen atoms in total. The summed E-state index contributed by atoms with van der Waals surface area (Å²) in [5.41, 5.74) is -0.599. The molecule has 1 fully saturated rings. The van der Waals surface area contributed by atoms with Gasteiger partial charge in [0.25, 0.3) is 0 Å². The highest BCUT2D eigenvalue weighted by molar-refractivity contribution is 5.80. The number of carbonyl (C=O) groups excluding carboxylic acids is 1. The lowest BCUT2D eigenvalue weighted by Crippen LogP contribution is -2.59. The van der Waals surface area contributed by atoms with Gasteiger partial charge in [0, 0.05) is 25.7 Å². The summed E-state index contributed by atoms with van der Waals surface area (Å²) in [6.07, 6.45) is 3.43. The monoisotopic (exact) mass is 299 g/mol. The van der Waals surface area contributed by atoms with E-state index in [1.54, 1.807) is 0 Å². The summed E-state index contributed by atoms with van der Waals surface area (Å²) in [5, 5.41) is 3.50. The summed E-state index contributed by atoms with van der Waals surface area (Å²) >= 11 is 0. The molecule has 0 aromatic carbocycles. The lowest BCUT2D eigenvalue weighted by Gasteiger charge is -2.35. The second-order valence-electron chi connectivity index (χ2n) is 6.55. The molecule has 1 aliphatic rings. The lowest BCUT2D eigenvalue weighted by molar-refractivity contribution is -0.151. The van der Waals surface area contributed by atoms with Gasteiger partial charge in [0.2, 0.25) is 0 Å². The fraction of sp³-hybridized carbons (Fsp3) is 0.938. The van der Waals surface area contributed by atoms with Crippen molar-refractivity contribution in [2.75, 3.05) is 46.9 Å². The number of hydrogen-bond donors (Lipinski definition) is 1. The van der Waals surface area contributed by atoms with Crippen LogP contribution in [0.25, 0.3) is 0 Å². The molecule has 0 aromatic heterocycles. The third-order valence-corrected chi connectivity index (χ3v) is 3.77. The van der Waals surface area contributed by atoms with Crippen LogP contribution in [0.5, 0.6) is 0 Å². The molecule has 5 heteroatoms. The minimum absolute atomic E-state index is 0.122. The second-order valence-corrected chi connectivity index (χ2v) is 6.55. The van der Waals surface area contributed by atoms with Crippen molar-refractivity contribution < 1.29 is 9.53 Å². The number of nitrogens with one attached hydrogen (secondary N) is 1. The van der Waals surface area contributed by atoms with E-state index in [1.165, 1.54) is 12.8 Å². The Kier molecular flexibility index (Phi) is 7.63. The van der Waals surface area contributed by atoms with Gasteiger partial charge in [-0.1, -0.05) is 6.92 Å². The summed E-state index contributed by atoms with van der Waals surface area (Å²) in [4.78, 5) is 16.9. The van der Waals surface area contributed by atoms with Crippen LogP contribution in [0.2, 0.25) is 0 Å². The zero-order valence-corrected chi connectivity index (χ0v) is 14.4. The number of hydrogen-bond acceptors (Lipinski definition) is 5. The van der Waals surface area contributed by atoms with Crippen LogP contribution >= 0.6 is 0 Å². The van der Waals surface area contributed by atoms with Gasteiger partial charge in [-0.2, -0.15) is 0 Å². The van der Waals surface area contributed by atoms with Crippen LogP contribution in [0.15, 0.2) is 0 Å². The van der Waals surface area contributed by atoms with Crippen LogP contribution in [-0.2, 0) is 9.53 Å². The van der Waals surface area contributed by atoms with Crippen LogP contribution < -0.4 is 5.32 Å². The van der Waals surface area contributed by atoms with Crippen molar-refractivity contribution in [1.82, 2.24) is 15.1 Å². The first-order valence-corrected chi connectivity index (χ1v) is 8.23. The van der Waals surface area contributed by atoms with E-state index in [2.05, 4.69) is 36.1 Å². The van der Waals surface area contributed by atoms with Crippen molar-refractivity contribution in [3.63, 3.8) is 0 Å². The maximum atomic E-state index is 12.4. The van der Waals surface area contributed by atoms with Gasteiger partial charge in [0.15, 0.2) is 0 Å². The number of esters is 1. The molecule has 0 aromatic rings. The molecule has 0 heterocycles. The molecule has 1 saturated carbocycles. The number of ether oxygens (including phenoxy) is 1. The fourth-order valence-electron chi connectivity index (χ4n) is 2.51. The Hall–Kier alpha value is -0.650. The zero-order chi connectivity index (χ0) is 15.9. The molecule has 1 unspecified atom stereocenters. The summed E-state index contributed by atoms with van der Waals surface area (Å²) in [6.45, 7) is 10.2. The molecule has 0 spiro atoms. The van der Waals surface area contributed by atoms with Gasteiger partial charge in [0.1, 0.15) is 5.54 Å². The normalized spacial score (nSPS) is 18.0. The molecular weight excluding hydrogens is 266 g/mol. The van der Waals surface area contributed by atoms with Gasteiger partial charge in [0.05, 0.1) is 6.61 Å². The molecule has 1 N–H and O–H groups in total. The Morgan fingerprint density at radius 1 is 1.24 bits per heavy atom. The molecule has 1 rings (SSSR count). The SMILES string of the molecule is CCCN(CCN(C)C)CC(C)(NC1CC1)C(=O)OCC. The van der Waals surface area contributed by atoms with E-state index in [0.717, 1.165) is 26.1 Å². The molecule has 1 aliphatic carbocycles.